The number of hydrogen-bond acceptors (Lipinski definition) is 3. The van der Waals surface area contributed by atoms with Gasteiger partial charge in [-0.25, -0.2) is 0 Å². The Morgan fingerprint density at radius 2 is 1.04 bits per heavy atom. The minimum Gasteiger partial charge on any atom is -0.497 e. The molecule has 0 saturated heterocycles. The lowest BCUT2D eigenvalue weighted by atomic mass is 9.91. The van der Waals surface area contributed by atoms with Crippen LogP contribution < -0.4 is 15.1 Å². The van der Waals surface area contributed by atoms with Crippen LogP contribution in [-0.4, -0.2) is 29.4 Å². The smallest absolute Gasteiger partial charge is 0.239 e. The molecule has 0 aliphatic heterocycles. The molecule has 0 saturated carbocycles. The number of methoxy groups -OCH3 is 1. The van der Waals surface area contributed by atoms with Crippen LogP contribution in [0.2, 0.25) is 0 Å². The summed E-state index contributed by atoms with van der Waals surface area (Å²) in [4.78, 5) is 0. The van der Waals surface area contributed by atoms with Crippen molar-refractivity contribution in [3.63, 3.8) is 0 Å². The number of ether oxygens (including phenoxy) is 2. The summed E-state index contributed by atoms with van der Waals surface area (Å²) < 4.78 is 17.9. The van der Waals surface area contributed by atoms with Crippen LogP contribution in [0.4, 0.5) is 0 Å². The zero-order valence-corrected chi connectivity index (χ0v) is 29.8. The molecule has 0 aromatic heterocycles. The summed E-state index contributed by atoms with van der Waals surface area (Å²) in [6.45, 7) is 4.74. The molecule has 0 heterocycles. The summed E-state index contributed by atoms with van der Waals surface area (Å²) in [5, 5.41) is 2.75. The van der Waals surface area contributed by atoms with Crippen molar-refractivity contribution in [1.82, 2.24) is 0 Å². The second-order valence-electron chi connectivity index (χ2n) is 12.8. The molecule has 0 spiro atoms. The summed E-state index contributed by atoms with van der Waals surface area (Å²) in [7, 11) is 0.115. The van der Waals surface area contributed by atoms with Gasteiger partial charge in [0.15, 0.2) is 0 Å². The fourth-order valence-corrected chi connectivity index (χ4v) is 8.56. The first-order valence-electron chi connectivity index (χ1n) is 18.2. The highest BCUT2D eigenvalue weighted by Gasteiger charge is 2.17. The average Bonchev–Trinajstić information content (AvgIpc) is 3.09. The Kier molecular flexibility index (Phi) is 20.4. The van der Waals surface area contributed by atoms with Crippen LogP contribution in [0, 0.1) is 5.92 Å². The Morgan fingerprint density at radius 1 is 0.533 bits per heavy atom. The van der Waals surface area contributed by atoms with Crippen molar-refractivity contribution in [2.24, 2.45) is 5.92 Å². The van der Waals surface area contributed by atoms with E-state index >= 15 is 0 Å². The van der Waals surface area contributed by atoms with Gasteiger partial charge < -0.3 is 13.9 Å². The van der Waals surface area contributed by atoms with Gasteiger partial charge in [-0.1, -0.05) is 176 Å². The van der Waals surface area contributed by atoms with Gasteiger partial charge in [0, 0.05) is 13.2 Å². The first-order valence-corrected chi connectivity index (χ1v) is 19.8. The summed E-state index contributed by atoms with van der Waals surface area (Å²) in [5.41, 5.74) is 1.22. The van der Waals surface area contributed by atoms with E-state index in [2.05, 4.69) is 79.7 Å². The third kappa shape index (κ3) is 16.6. The van der Waals surface area contributed by atoms with E-state index < -0.39 is 9.04 Å². The molecular formula is C41H62O3Si. The fraction of sp³-hybridized carbons (Fsp3) is 0.561. The molecule has 0 bridgehead atoms. The maximum atomic E-state index is 6.55. The molecule has 45 heavy (non-hydrogen) atoms. The molecule has 3 nitrogen and oxygen atoms in total. The normalized spacial score (nSPS) is 12.1. The van der Waals surface area contributed by atoms with Gasteiger partial charge in [0.05, 0.1) is 13.7 Å². The van der Waals surface area contributed by atoms with Gasteiger partial charge in [-0.05, 0) is 46.8 Å². The zero-order valence-electron chi connectivity index (χ0n) is 28.6. The van der Waals surface area contributed by atoms with Gasteiger partial charge in [0.1, 0.15) is 5.75 Å². The monoisotopic (exact) mass is 630 g/mol. The summed E-state index contributed by atoms with van der Waals surface area (Å²) in [6.07, 6.45) is 22.9. The van der Waals surface area contributed by atoms with Gasteiger partial charge in [-0.15, -0.1) is 0 Å². The van der Waals surface area contributed by atoms with Crippen LogP contribution in [0.3, 0.4) is 0 Å². The van der Waals surface area contributed by atoms with Gasteiger partial charge in [-0.2, -0.15) is 0 Å². The molecule has 0 fully saturated rings. The Hall–Kier alpha value is -2.40. The van der Waals surface area contributed by atoms with Gasteiger partial charge in [0.2, 0.25) is 9.04 Å². The van der Waals surface area contributed by atoms with Gasteiger partial charge in [-0.3, -0.25) is 0 Å². The highest BCUT2D eigenvalue weighted by atomic mass is 28.3. The first-order chi connectivity index (χ1) is 22.3. The molecule has 3 aromatic carbocycles. The quantitative estimate of drug-likeness (QED) is 0.0620. The van der Waals surface area contributed by atoms with Crippen molar-refractivity contribution in [2.45, 2.75) is 123 Å². The highest BCUT2D eigenvalue weighted by molar-refractivity contribution is 6.80. The van der Waals surface area contributed by atoms with E-state index in [0.29, 0.717) is 6.61 Å². The molecule has 0 amide bonds. The van der Waals surface area contributed by atoms with Crippen molar-refractivity contribution in [3.8, 4) is 5.75 Å². The lowest BCUT2D eigenvalue weighted by Gasteiger charge is -2.17. The van der Waals surface area contributed by atoms with Crippen LogP contribution in [0.25, 0.3) is 0 Å². The summed E-state index contributed by atoms with van der Waals surface area (Å²) in [6, 6.07) is 29.9. The molecular weight excluding hydrogens is 569 g/mol. The lowest BCUT2D eigenvalue weighted by molar-refractivity contribution is 0.104. The number of rotatable bonds is 27. The largest absolute Gasteiger partial charge is 0.497 e. The Bertz CT molecular complexity index is 1030. The standard InChI is InChI=1S/C41H62O3Si/c1-3-4-5-6-8-11-16-23-37(33-35-43-36-38-29-31-39(42-2)32-30-38)24-17-12-9-7-10-13-22-34-44-45(40-25-18-14-19-26-40)41-27-20-15-21-28-41/h14-15,18-21,25-32,37,45H,3-13,16-17,22-24,33-36H2,1-2H3. The minimum absolute atomic E-state index is 0.695. The molecule has 1 atom stereocenters. The van der Waals surface area contributed by atoms with Crippen LogP contribution >= 0.6 is 0 Å². The average molecular weight is 631 g/mol. The Balaban J connectivity index is 1.27. The number of hydrogen-bond donors (Lipinski definition) is 0. The lowest BCUT2D eigenvalue weighted by Crippen LogP contribution is -2.45. The predicted octanol–water partition coefficient (Wildman–Crippen LogP) is 10.0. The van der Waals surface area contributed by atoms with Crippen LogP contribution in [-0.2, 0) is 15.8 Å². The third-order valence-electron chi connectivity index (χ3n) is 9.06. The van der Waals surface area contributed by atoms with E-state index in [0.717, 1.165) is 24.9 Å². The molecule has 0 radical (unpaired) electrons. The van der Waals surface area contributed by atoms with Crippen molar-refractivity contribution >= 4 is 19.4 Å². The second-order valence-corrected chi connectivity index (χ2v) is 15.2. The van der Waals surface area contributed by atoms with Crippen molar-refractivity contribution in [2.75, 3.05) is 20.3 Å². The molecule has 248 valence electrons. The summed E-state index contributed by atoms with van der Waals surface area (Å²) >= 11 is 0. The van der Waals surface area contributed by atoms with E-state index in [4.69, 9.17) is 13.9 Å². The second kappa shape index (κ2) is 24.8. The molecule has 3 rings (SSSR count). The van der Waals surface area contributed by atoms with E-state index in [1.54, 1.807) is 7.11 Å². The summed E-state index contributed by atoms with van der Waals surface area (Å²) in [5.74, 6) is 1.71. The minimum atomic E-state index is -1.60. The Morgan fingerprint density at radius 3 is 1.58 bits per heavy atom. The SMILES string of the molecule is CCCCCCCCCC(CCCCCCCCCO[SiH](c1ccccc1)c1ccccc1)CCOCc1ccc(OC)cc1. The molecule has 0 N–H and O–H groups in total. The van der Waals surface area contributed by atoms with E-state index in [1.807, 2.05) is 12.1 Å². The van der Waals surface area contributed by atoms with Gasteiger partial charge >= 0.3 is 0 Å². The fourth-order valence-electron chi connectivity index (χ4n) is 6.25. The van der Waals surface area contributed by atoms with E-state index in [1.165, 1.54) is 125 Å². The maximum Gasteiger partial charge on any atom is 0.239 e. The van der Waals surface area contributed by atoms with E-state index in [-0.39, 0.29) is 0 Å². The first kappa shape index (κ1) is 37.1. The number of benzene rings is 3. The van der Waals surface area contributed by atoms with Crippen molar-refractivity contribution in [3.05, 3.63) is 90.5 Å². The van der Waals surface area contributed by atoms with Crippen LogP contribution in [0.1, 0.15) is 122 Å². The topological polar surface area (TPSA) is 27.7 Å². The molecule has 3 aromatic rings. The predicted molar refractivity (Wildman–Crippen MR) is 196 cm³/mol. The molecule has 0 aliphatic carbocycles. The highest BCUT2D eigenvalue weighted by Crippen LogP contribution is 2.23. The van der Waals surface area contributed by atoms with Gasteiger partial charge in [0.25, 0.3) is 0 Å². The molecule has 0 aliphatic rings. The maximum absolute atomic E-state index is 6.55. The molecule has 4 heteroatoms. The zero-order chi connectivity index (χ0) is 31.6. The van der Waals surface area contributed by atoms with Crippen molar-refractivity contribution < 1.29 is 13.9 Å². The van der Waals surface area contributed by atoms with Crippen LogP contribution in [0.5, 0.6) is 5.75 Å². The number of unbranched alkanes of at least 4 members (excludes halogenated alkanes) is 12. The molecule has 1 unspecified atom stereocenters. The third-order valence-corrected chi connectivity index (χ3v) is 11.6. The van der Waals surface area contributed by atoms with Crippen LogP contribution in [0.15, 0.2) is 84.9 Å². The van der Waals surface area contributed by atoms with Crippen molar-refractivity contribution in [1.29, 1.82) is 0 Å². The van der Waals surface area contributed by atoms with E-state index in [9.17, 15) is 0 Å². The Labute approximate surface area is 277 Å².